The third-order valence-corrected chi connectivity index (χ3v) is 4.92. The van der Waals surface area contributed by atoms with Gasteiger partial charge in [-0.05, 0) is 48.4 Å². The molecule has 0 atom stereocenters. The molecule has 2 nitrogen and oxygen atoms in total. The highest BCUT2D eigenvalue weighted by atomic mass is 79.9. The van der Waals surface area contributed by atoms with Gasteiger partial charge in [0, 0.05) is 35.8 Å². The van der Waals surface area contributed by atoms with Crippen molar-refractivity contribution in [1.29, 1.82) is 0 Å². The number of anilines is 1. The van der Waals surface area contributed by atoms with Crippen LogP contribution in [0.25, 0.3) is 0 Å². The summed E-state index contributed by atoms with van der Waals surface area (Å²) in [4.78, 5) is 2.58. The number of benzene rings is 1. The van der Waals surface area contributed by atoms with E-state index in [2.05, 4.69) is 72.0 Å². The maximum absolute atomic E-state index is 3.61. The highest BCUT2D eigenvalue weighted by molar-refractivity contribution is 9.10. The summed E-state index contributed by atoms with van der Waals surface area (Å²) in [5.41, 5.74) is 3.29. The summed E-state index contributed by atoms with van der Waals surface area (Å²) in [6.07, 6.45) is 3.90. The first-order valence-electron chi connectivity index (χ1n) is 8.14. The van der Waals surface area contributed by atoms with E-state index in [1.807, 2.05) is 0 Å². The van der Waals surface area contributed by atoms with E-state index in [1.165, 1.54) is 48.1 Å². The zero-order chi connectivity index (χ0) is 15.5. The smallest absolute Gasteiger partial charge is 0.0412 e. The van der Waals surface area contributed by atoms with E-state index in [0.29, 0.717) is 11.5 Å². The van der Waals surface area contributed by atoms with Crippen LogP contribution in [-0.4, -0.2) is 19.1 Å². The first-order valence-corrected chi connectivity index (χ1v) is 8.93. The van der Waals surface area contributed by atoms with Gasteiger partial charge in [0.2, 0.25) is 0 Å². The molecule has 1 aliphatic heterocycles. The lowest BCUT2D eigenvalue weighted by Gasteiger charge is -2.27. The van der Waals surface area contributed by atoms with Gasteiger partial charge >= 0.3 is 0 Å². The molecule has 118 valence electrons. The Labute approximate surface area is 138 Å². The van der Waals surface area contributed by atoms with Crippen LogP contribution in [0.15, 0.2) is 22.7 Å². The summed E-state index contributed by atoms with van der Waals surface area (Å²) in [5, 5.41) is 3.55. The monoisotopic (exact) mass is 352 g/mol. The van der Waals surface area contributed by atoms with Crippen LogP contribution in [-0.2, 0) is 6.54 Å². The lowest BCUT2D eigenvalue weighted by atomic mass is 9.85. The fraction of sp³-hybridized carbons (Fsp3) is 0.667. The summed E-state index contributed by atoms with van der Waals surface area (Å²) in [7, 11) is 0. The first kappa shape index (κ1) is 16.8. The average Bonchev–Trinajstić information content (AvgIpc) is 2.57. The third-order valence-electron chi connectivity index (χ3n) is 4.42. The average molecular weight is 353 g/mol. The van der Waals surface area contributed by atoms with E-state index < -0.39 is 0 Å². The molecule has 0 bridgehead atoms. The second kappa shape index (κ2) is 7.15. The molecule has 0 radical (unpaired) electrons. The largest absolute Gasteiger partial charge is 0.371 e. The Balaban J connectivity index is 2.17. The minimum Gasteiger partial charge on any atom is -0.371 e. The second-order valence-corrected chi connectivity index (χ2v) is 8.23. The van der Waals surface area contributed by atoms with Crippen LogP contribution >= 0.6 is 15.9 Å². The molecule has 0 spiro atoms. The Hall–Kier alpha value is -0.540. The zero-order valence-electron chi connectivity index (χ0n) is 13.9. The number of hydrogen-bond acceptors (Lipinski definition) is 2. The van der Waals surface area contributed by atoms with Crippen LogP contribution in [0.4, 0.5) is 5.69 Å². The van der Waals surface area contributed by atoms with Crippen LogP contribution in [0.3, 0.4) is 0 Å². The van der Waals surface area contributed by atoms with Crippen molar-refractivity contribution in [2.24, 2.45) is 5.41 Å². The van der Waals surface area contributed by atoms with Gasteiger partial charge in [0.15, 0.2) is 0 Å². The van der Waals surface area contributed by atoms with Crippen molar-refractivity contribution in [1.82, 2.24) is 5.32 Å². The fourth-order valence-corrected chi connectivity index (χ4v) is 3.39. The van der Waals surface area contributed by atoms with Crippen molar-refractivity contribution in [2.75, 3.05) is 18.0 Å². The minimum absolute atomic E-state index is 0.487. The van der Waals surface area contributed by atoms with Crippen LogP contribution in [0.5, 0.6) is 0 Å². The van der Waals surface area contributed by atoms with Crippen LogP contribution in [0.2, 0.25) is 0 Å². The number of nitrogens with zero attached hydrogens (tertiary/aromatic N) is 1. The van der Waals surface area contributed by atoms with Crippen molar-refractivity contribution < 1.29 is 0 Å². The van der Waals surface area contributed by atoms with E-state index in [0.717, 1.165) is 6.54 Å². The molecule has 0 unspecified atom stereocenters. The van der Waals surface area contributed by atoms with Crippen LogP contribution in [0, 0.1) is 5.41 Å². The number of rotatable bonds is 4. The number of nitrogens with one attached hydrogen (secondary N) is 1. The van der Waals surface area contributed by atoms with Gasteiger partial charge in [0.05, 0.1) is 0 Å². The summed E-state index contributed by atoms with van der Waals surface area (Å²) >= 11 is 3.61. The standard InChI is InChI=1S/C18H29BrN2/c1-14(2)20-13-15-12-16(19)6-7-17(15)21-10-5-8-18(3,4)9-11-21/h6-7,12,14,20H,5,8-11,13H2,1-4H3. The van der Waals surface area contributed by atoms with Gasteiger partial charge in [0.25, 0.3) is 0 Å². The summed E-state index contributed by atoms with van der Waals surface area (Å²) in [6.45, 7) is 12.5. The lowest BCUT2D eigenvalue weighted by molar-refractivity contribution is 0.325. The minimum atomic E-state index is 0.487. The molecule has 1 saturated heterocycles. The SMILES string of the molecule is CC(C)NCc1cc(Br)ccc1N1CCCC(C)(C)CC1. The van der Waals surface area contributed by atoms with Crippen LogP contribution in [0.1, 0.15) is 52.5 Å². The fourth-order valence-electron chi connectivity index (χ4n) is 2.98. The molecule has 1 aromatic rings. The molecule has 0 saturated carbocycles. The van der Waals surface area contributed by atoms with E-state index in [9.17, 15) is 0 Å². The molecule has 0 aliphatic carbocycles. The van der Waals surface area contributed by atoms with Gasteiger partial charge in [0.1, 0.15) is 0 Å². The van der Waals surface area contributed by atoms with Gasteiger partial charge in [-0.1, -0.05) is 43.6 Å². The predicted molar refractivity (Wildman–Crippen MR) is 96.0 cm³/mol. The maximum Gasteiger partial charge on any atom is 0.0412 e. The Morgan fingerprint density at radius 2 is 2.00 bits per heavy atom. The molecule has 3 heteroatoms. The van der Waals surface area contributed by atoms with E-state index in [1.54, 1.807) is 0 Å². The third kappa shape index (κ3) is 5.00. The van der Waals surface area contributed by atoms with Gasteiger partial charge in [-0.2, -0.15) is 0 Å². The highest BCUT2D eigenvalue weighted by Crippen LogP contribution is 2.33. The topological polar surface area (TPSA) is 15.3 Å². The van der Waals surface area contributed by atoms with Crippen molar-refractivity contribution in [2.45, 2.75) is 59.5 Å². The Morgan fingerprint density at radius 3 is 2.71 bits per heavy atom. The lowest BCUT2D eigenvalue weighted by Crippen LogP contribution is -2.28. The van der Waals surface area contributed by atoms with Gasteiger partial charge < -0.3 is 10.2 Å². The molecule has 1 heterocycles. The van der Waals surface area contributed by atoms with Gasteiger partial charge in [-0.15, -0.1) is 0 Å². The molecule has 1 aromatic carbocycles. The molecule has 1 fully saturated rings. The molecule has 2 rings (SSSR count). The van der Waals surface area contributed by atoms with Crippen molar-refractivity contribution >= 4 is 21.6 Å². The molecular weight excluding hydrogens is 324 g/mol. The van der Waals surface area contributed by atoms with Crippen LogP contribution < -0.4 is 10.2 Å². The molecule has 0 aromatic heterocycles. The van der Waals surface area contributed by atoms with Crippen molar-refractivity contribution in [3.8, 4) is 0 Å². The number of halogens is 1. The molecule has 1 N–H and O–H groups in total. The molecule has 21 heavy (non-hydrogen) atoms. The number of hydrogen-bond donors (Lipinski definition) is 1. The highest BCUT2D eigenvalue weighted by Gasteiger charge is 2.24. The maximum atomic E-state index is 3.61. The second-order valence-electron chi connectivity index (χ2n) is 7.31. The van der Waals surface area contributed by atoms with Gasteiger partial charge in [-0.3, -0.25) is 0 Å². The quantitative estimate of drug-likeness (QED) is 0.823. The molecule has 1 aliphatic rings. The molecule has 0 amide bonds. The predicted octanol–water partition coefficient (Wildman–Crippen LogP) is 4.96. The van der Waals surface area contributed by atoms with Gasteiger partial charge in [-0.25, -0.2) is 0 Å². The Bertz CT molecular complexity index is 468. The van der Waals surface area contributed by atoms with E-state index in [4.69, 9.17) is 0 Å². The van der Waals surface area contributed by atoms with E-state index in [-0.39, 0.29) is 0 Å². The Morgan fingerprint density at radius 1 is 1.24 bits per heavy atom. The zero-order valence-corrected chi connectivity index (χ0v) is 15.5. The normalized spacial score (nSPS) is 18.9. The van der Waals surface area contributed by atoms with Crippen molar-refractivity contribution in [3.63, 3.8) is 0 Å². The van der Waals surface area contributed by atoms with E-state index >= 15 is 0 Å². The summed E-state index contributed by atoms with van der Waals surface area (Å²) in [5.74, 6) is 0. The summed E-state index contributed by atoms with van der Waals surface area (Å²) < 4.78 is 1.17. The molecular formula is C18H29BrN2. The van der Waals surface area contributed by atoms with Crippen molar-refractivity contribution in [3.05, 3.63) is 28.2 Å². The Kier molecular flexibility index (Phi) is 5.73. The summed E-state index contributed by atoms with van der Waals surface area (Å²) in [6, 6.07) is 7.23. The first-order chi connectivity index (χ1) is 9.87.